The highest BCUT2D eigenvalue weighted by Gasteiger charge is 2.15. The van der Waals surface area contributed by atoms with E-state index in [0.29, 0.717) is 11.0 Å². The Bertz CT molecular complexity index is 544. The Morgan fingerprint density at radius 2 is 2.28 bits per heavy atom. The lowest BCUT2D eigenvalue weighted by Gasteiger charge is -2.05. The van der Waals surface area contributed by atoms with E-state index in [1.807, 2.05) is 19.9 Å². The van der Waals surface area contributed by atoms with Crippen LogP contribution >= 0.6 is 11.8 Å². The zero-order chi connectivity index (χ0) is 13.1. The maximum atomic E-state index is 12.1. The van der Waals surface area contributed by atoms with Gasteiger partial charge in [-0.05, 0) is 26.8 Å². The number of hydrogen-bond donors (Lipinski definition) is 0. The summed E-state index contributed by atoms with van der Waals surface area (Å²) < 4.78 is 7.24. The average Bonchev–Trinajstić information content (AvgIpc) is 2.95. The van der Waals surface area contributed by atoms with E-state index in [9.17, 15) is 4.79 Å². The third-order valence-corrected chi connectivity index (χ3v) is 3.78. The SMILES string of the molecule is CCn1c(C)cc(C(=O)CSc2ncco2)c1C. The van der Waals surface area contributed by atoms with Crippen LogP contribution in [0.3, 0.4) is 0 Å². The van der Waals surface area contributed by atoms with Crippen molar-refractivity contribution in [2.75, 3.05) is 5.75 Å². The number of oxazole rings is 1. The van der Waals surface area contributed by atoms with Gasteiger partial charge < -0.3 is 8.98 Å². The van der Waals surface area contributed by atoms with Crippen LogP contribution in [-0.4, -0.2) is 21.1 Å². The minimum atomic E-state index is 0.117. The Kier molecular flexibility index (Phi) is 3.91. The van der Waals surface area contributed by atoms with E-state index < -0.39 is 0 Å². The van der Waals surface area contributed by atoms with Crippen LogP contribution in [0, 0.1) is 13.8 Å². The molecule has 18 heavy (non-hydrogen) atoms. The van der Waals surface area contributed by atoms with E-state index in [1.165, 1.54) is 18.0 Å². The van der Waals surface area contributed by atoms with Gasteiger partial charge in [0.25, 0.3) is 5.22 Å². The molecule has 2 rings (SSSR count). The number of hydrogen-bond acceptors (Lipinski definition) is 4. The third kappa shape index (κ3) is 2.51. The van der Waals surface area contributed by atoms with Gasteiger partial charge >= 0.3 is 0 Å². The minimum Gasteiger partial charge on any atom is -0.440 e. The summed E-state index contributed by atoms with van der Waals surface area (Å²) in [7, 11) is 0. The number of aromatic nitrogens is 2. The second-order valence-electron chi connectivity index (χ2n) is 4.04. The first-order chi connectivity index (χ1) is 8.63. The van der Waals surface area contributed by atoms with Gasteiger partial charge in [-0.1, -0.05) is 11.8 Å². The van der Waals surface area contributed by atoms with Crippen molar-refractivity contribution in [2.45, 2.75) is 32.5 Å². The van der Waals surface area contributed by atoms with Crippen molar-refractivity contribution in [3.63, 3.8) is 0 Å². The van der Waals surface area contributed by atoms with E-state index in [0.717, 1.165) is 23.5 Å². The summed E-state index contributed by atoms with van der Waals surface area (Å²) in [6.07, 6.45) is 3.09. The molecule has 0 aliphatic rings. The standard InChI is InChI=1S/C13H16N2O2S/c1-4-15-9(2)7-11(10(15)3)12(16)8-18-13-14-5-6-17-13/h5-7H,4,8H2,1-3H3. The highest BCUT2D eigenvalue weighted by Crippen LogP contribution is 2.20. The third-order valence-electron chi connectivity index (χ3n) is 2.93. The summed E-state index contributed by atoms with van der Waals surface area (Å²) in [4.78, 5) is 16.1. The molecular formula is C13H16N2O2S. The highest BCUT2D eigenvalue weighted by atomic mass is 32.2. The van der Waals surface area contributed by atoms with E-state index in [-0.39, 0.29) is 5.78 Å². The molecule has 0 saturated heterocycles. The minimum absolute atomic E-state index is 0.117. The van der Waals surface area contributed by atoms with Crippen LogP contribution in [0.1, 0.15) is 28.7 Å². The van der Waals surface area contributed by atoms with Crippen molar-refractivity contribution in [1.29, 1.82) is 0 Å². The number of nitrogens with zero attached hydrogens (tertiary/aromatic N) is 2. The van der Waals surface area contributed by atoms with Crippen molar-refractivity contribution >= 4 is 17.5 Å². The van der Waals surface area contributed by atoms with Gasteiger partial charge in [-0.15, -0.1) is 0 Å². The maximum Gasteiger partial charge on any atom is 0.255 e. The molecule has 2 aromatic heterocycles. The van der Waals surface area contributed by atoms with Gasteiger partial charge in [-0.3, -0.25) is 4.79 Å². The van der Waals surface area contributed by atoms with Gasteiger partial charge in [-0.25, -0.2) is 4.98 Å². The lowest BCUT2D eigenvalue weighted by atomic mass is 10.2. The predicted molar refractivity (Wildman–Crippen MR) is 71.1 cm³/mol. The molecule has 0 radical (unpaired) electrons. The smallest absolute Gasteiger partial charge is 0.255 e. The molecule has 4 nitrogen and oxygen atoms in total. The fourth-order valence-electron chi connectivity index (χ4n) is 2.06. The van der Waals surface area contributed by atoms with Gasteiger partial charge in [0.05, 0.1) is 11.9 Å². The number of aryl methyl sites for hydroxylation is 1. The molecule has 0 saturated carbocycles. The Hall–Kier alpha value is -1.49. The quantitative estimate of drug-likeness (QED) is 0.615. The fourth-order valence-corrected chi connectivity index (χ4v) is 2.73. The van der Waals surface area contributed by atoms with Gasteiger partial charge in [0.2, 0.25) is 0 Å². The first-order valence-electron chi connectivity index (χ1n) is 5.85. The topological polar surface area (TPSA) is 48.0 Å². The fraction of sp³-hybridized carbons (Fsp3) is 0.385. The van der Waals surface area contributed by atoms with Crippen molar-refractivity contribution in [3.8, 4) is 0 Å². The van der Waals surface area contributed by atoms with Crippen molar-refractivity contribution < 1.29 is 9.21 Å². The molecule has 0 unspecified atom stereocenters. The molecule has 0 amide bonds. The van der Waals surface area contributed by atoms with Crippen molar-refractivity contribution in [1.82, 2.24) is 9.55 Å². The van der Waals surface area contributed by atoms with Gasteiger partial charge in [-0.2, -0.15) is 0 Å². The van der Waals surface area contributed by atoms with E-state index >= 15 is 0 Å². The van der Waals surface area contributed by atoms with Crippen LogP contribution < -0.4 is 0 Å². The summed E-state index contributed by atoms with van der Waals surface area (Å²) in [5.74, 6) is 0.472. The molecule has 0 aliphatic heterocycles. The zero-order valence-corrected chi connectivity index (χ0v) is 11.6. The largest absolute Gasteiger partial charge is 0.440 e. The van der Waals surface area contributed by atoms with Gasteiger partial charge in [0.15, 0.2) is 5.78 Å². The molecule has 5 heteroatoms. The van der Waals surface area contributed by atoms with Crippen LogP contribution in [0.4, 0.5) is 0 Å². The van der Waals surface area contributed by atoms with Crippen LogP contribution in [0.25, 0.3) is 0 Å². The number of carbonyl (C=O) groups is 1. The lowest BCUT2D eigenvalue weighted by molar-refractivity contribution is 0.102. The highest BCUT2D eigenvalue weighted by molar-refractivity contribution is 7.99. The molecule has 0 aliphatic carbocycles. The molecule has 0 bridgehead atoms. The number of Topliss-reactive ketones (excluding diaryl/α,β-unsaturated/α-hetero) is 1. The number of ketones is 1. The second kappa shape index (κ2) is 5.44. The first-order valence-corrected chi connectivity index (χ1v) is 6.84. The molecular weight excluding hydrogens is 248 g/mol. The number of thioether (sulfide) groups is 1. The Morgan fingerprint density at radius 1 is 1.50 bits per heavy atom. The van der Waals surface area contributed by atoms with Crippen LogP contribution in [0.15, 0.2) is 28.2 Å². The molecule has 0 fully saturated rings. The Morgan fingerprint density at radius 3 is 2.83 bits per heavy atom. The average molecular weight is 264 g/mol. The molecule has 96 valence electrons. The monoisotopic (exact) mass is 264 g/mol. The molecule has 2 heterocycles. The molecule has 0 N–H and O–H groups in total. The van der Waals surface area contributed by atoms with Gasteiger partial charge in [0, 0.05) is 23.5 Å². The predicted octanol–water partition coefficient (Wildman–Crippen LogP) is 3.09. The Labute approximate surface area is 110 Å². The lowest BCUT2D eigenvalue weighted by Crippen LogP contribution is -2.05. The maximum absolute atomic E-state index is 12.1. The van der Waals surface area contributed by atoms with Gasteiger partial charge in [0.1, 0.15) is 6.26 Å². The van der Waals surface area contributed by atoms with Crippen LogP contribution in [0.2, 0.25) is 0 Å². The Balaban J connectivity index is 2.09. The molecule has 0 aromatic carbocycles. The summed E-state index contributed by atoms with van der Waals surface area (Å²) in [5.41, 5.74) is 2.96. The zero-order valence-electron chi connectivity index (χ0n) is 10.8. The summed E-state index contributed by atoms with van der Waals surface area (Å²) in [6.45, 7) is 6.97. The van der Waals surface area contributed by atoms with Crippen molar-refractivity contribution in [3.05, 3.63) is 35.5 Å². The second-order valence-corrected chi connectivity index (χ2v) is 4.97. The van der Waals surface area contributed by atoms with E-state index in [4.69, 9.17) is 4.42 Å². The summed E-state index contributed by atoms with van der Waals surface area (Å²) in [6, 6.07) is 1.96. The van der Waals surface area contributed by atoms with Crippen LogP contribution in [0.5, 0.6) is 0 Å². The van der Waals surface area contributed by atoms with Crippen LogP contribution in [-0.2, 0) is 6.54 Å². The molecule has 0 spiro atoms. The van der Waals surface area contributed by atoms with Crippen molar-refractivity contribution in [2.24, 2.45) is 0 Å². The number of rotatable bonds is 5. The molecule has 2 aromatic rings. The van der Waals surface area contributed by atoms with E-state index in [1.54, 1.807) is 6.20 Å². The first kappa shape index (κ1) is 13.0. The molecule has 0 atom stereocenters. The van der Waals surface area contributed by atoms with E-state index in [2.05, 4.69) is 16.5 Å². The number of carbonyl (C=O) groups excluding carboxylic acids is 1. The normalized spacial score (nSPS) is 10.8. The summed E-state index contributed by atoms with van der Waals surface area (Å²) >= 11 is 1.32. The summed E-state index contributed by atoms with van der Waals surface area (Å²) in [5, 5.41) is 0.535.